The molecular formula is C6H11N3. The molecule has 0 aliphatic heterocycles. The van der Waals surface area contributed by atoms with Crippen molar-refractivity contribution in [2.75, 3.05) is 0 Å². The van der Waals surface area contributed by atoms with E-state index in [0.717, 1.165) is 5.70 Å². The van der Waals surface area contributed by atoms with Crippen LogP contribution in [0.1, 0.15) is 13.8 Å². The van der Waals surface area contributed by atoms with Gasteiger partial charge in [0.1, 0.15) is 0 Å². The average molecular weight is 125 g/mol. The second-order valence-electron chi connectivity index (χ2n) is 2.03. The highest BCUT2D eigenvalue weighted by molar-refractivity contribution is 5.12. The Morgan fingerprint density at radius 2 is 2.33 bits per heavy atom. The molecule has 0 heterocycles. The molecule has 0 aromatic carbocycles. The number of hydrogen-bond donors (Lipinski definition) is 2. The van der Waals surface area contributed by atoms with Gasteiger partial charge >= 0.3 is 0 Å². The molecule has 3 N–H and O–H groups in total. The molecule has 0 aliphatic carbocycles. The lowest BCUT2D eigenvalue weighted by molar-refractivity contribution is 0.673. The lowest BCUT2D eigenvalue weighted by Gasteiger charge is -2.06. The first-order valence-electron chi connectivity index (χ1n) is 2.78. The summed E-state index contributed by atoms with van der Waals surface area (Å²) in [6.45, 7) is 3.92. The van der Waals surface area contributed by atoms with Crippen LogP contribution in [0.2, 0.25) is 0 Å². The predicted molar refractivity (Wildman–Crippen MR) is 35.9 cm³/mol. The van der Waals surface area contributed by atoms with Crippen molar-refractivity contribution in [2.45, 2.75) is 13.8 Å². The lowest BCUT2D eigenvalue weighted by atomic mass is 10.1. The molecule has 0 radical (unpaired) electrons. The van der Waals surface area contributed by atoms with Gasteiger partial charge in [-0.15, -0.1) is 0 Å². The summed E-state index contributed by atoms with van der Waals surface area (Å²) in [5.41, 5.74) is 3.20. The van der Waals surface area contributed by atoms with E-state index in [1.807, 2.05) is 19.9 Å². The minimum atomic E-state index is 0.287. The van der Waals surface area contributed by atoms with Crippen LogP contribution in [0.4, 0.5) is 0 Å². The van der Waals surface area contributed by atoms with Crippen molar-refractivity contribution in [2.24, 2.45) is 11.8 Å². The van der Waals surface area contributed by atoms with Crippen molar-refractivity contribution < 1.29 is 0 Å². The van der Waals surface area contributed by atoms with Crippen molar-refractivity contribution in [1.29, 1.82) is 5.26 Å². The van der Waals surface area contributed by atoms with E-state index >= 15 is 0 Å². The standard InChI is InChI=1S/C6H11N3/c1-5(2)6(9-8)3-4-7/h3,5,9H,8H2,1-2H3/b6-3+. The Morgan fingerprint density at radius 3 is 2.44 bits per heavy atom. The maximum Gasteiger partial charge on any atom is 0.0930 e. The normalized spacial score (nSPS) is 11.2. The maximum atomic E-state index is 8.19. The zero-order chi connectivity index (χ0) is 7.28. The van der Waals surface area contributed by atoms with Crippen LogP contribution in [-0.4, -0.2) is 0 Å². The number of hydrazine groups is 1. The van der Waals surface area contributed by atoms with Crippen LogP contribution in [0.5, 0.6) is 0 Å². The summed E-state index contributed by atoms with van der Waals surface area (Å²) in [7, 11) is 0. The fourth-order valence-electron chi connectivity index (χ4n) is 0.445. The zero-order valence-corrected chi connectivity index (χ0v) is 5.68. The fraction of sp³-hybridized carbons (Fsp3) is 0.500. The topological polar surface area (TPSA) is 61.8 Å². The number of nitrogens with two attached hydrogens (primary N) is 1. The van der Waals surface area contributed by atoms with Crippen molar-refractivity contribution in [3.05, 3.63) is 11.8 Å². The van der Waals surface area contributed by atoms with Crippen LogP contribution in [0.15, 0.2) is 11.8 Å². The molecular weight excluding hydrogens is 114 g/mol. The molecule has 9 heavy (non-hydrogen) atoms. The van der Waals surface area contributed by atoms with Crippen LogP contribution < -0.4 is 11.3 Å². The van der Waals surface area contributed by atoms with Gasteiger partial charge in [0.05, 0.1) is 6.07 Å². The van der Waals surface area contributed by atoms with E-state index in [9.17, 15) is 0 Å². The number of rotatable bonds is 2. The number of allylic oxidation sites excluding steroid dienone is 2. The van der Waals surface area contributed by atoms with Gasteiger partial charge in [0.25, 0.3) is 0 Å². The Kier molecular flexibility index (Phi) is 3.49. The molecule has 0 amide bonds. The Balaban J connectivity index is 4.02. The molecule has 0 rings (SSSR count). The summed E-state index contributed by atoms with van der Waals surface area (Å²) in [6.07, 6.45) is 1.41. The molecule has 0 bridgehead atoms. The second kappa shape index (κ2) is 3.93. The van der Waals surface area contributed by atoms with Crippen molar-refractivity contribution in [1.82, 2.24) is 5.43 Å². The SMILES string of the molecule is CC(C)/C(=C\C#N)NN. The van der Waals surface area contributed by atoms with Gasteiger partial charge < -0.3 is 5.43 Å². The van der Waals surface area contributed by atoms with Gasteiger partial charge in [-0.25, -0.2) is 0 Å². The summed E-state index contributed by atoms with van der Waals surface area (Å²) >= 11 is 0. The first-order chi connectivity index (χ1) is 4.22. The van der Waals surface area contributed by atoms with Gasteiger partial charge in [-0.2, -0.15) is 5.26 Å². The van der Waals surface area contributed by atoms with Crippen molar-refractivity contribution in [3.8, 4) is 6.07 Å². The molecule has 0 aliphatic rings. The van der Waals surface area contributed by atoms with E-state index in [1.54, 1.807) is 0 Å². The first-order valence-corrected chi connectivity index (χ1v) is 2.78. The zero-order valence-electron chi connectivity index (χ0n) is 5.68. The van der Waals surface area contributed by atoms with Gasteiger partial charge in [-0.1, -0.05) is 13.8 Å². The Bertz CT molecular complexity index is 141. The minimum absolute atomic E-state index is 0.287. The van der Waals surface area contributed by atoms with E-state index in [0.29, 0.717) is 0 Å². The number of nitriles is 1. The third-order valence-electron chi connectivity index (χ3n) is 1.01. The number of nitrogens with one attached hydrogen (secondary N) is 1. The van der Waals surface area contributed by atoms with Crippen LogP contribution in [0, 0.1) is 17.2 Å². The Labute approximate surface area is 55.1 Å². The molecule has 0 spiro atoms. The van der Waals surface area contributed by atoms with Crippen molar-refractivity contribution >= 4 is 0 Å². The van der Waals surface area contributed by atoms with E-state index in [4.69, 9.17) is 11.1 Å². The smallest absolute Gasteiger partial charge is 0.0930 e. The Morgan fingerprint density at radius 1 is 1.78 bits per heavy atom. The van der Waals surface area contributed by atoms with Crippen LogP contribution in [0.25, 0.3) is 0 Å². The van der Waals surface area contributed by atoms with E-state index < -0.39 is 0 Å². The predicted octanol–water partition coefficient (Wildman–Crippen LogP) is 0.513. The van der Waals surface area contributed by atoms with Gasteiger partial charge in [-0.05, 0) is 5.92 Å². The molecule has 0 unspecified atom stereocenters. The summed E-state index contributed by atoms with van der Waals surface area (Å²) in [4.78, 5) is 0. The molecule has 0 aromatic heterocycles. The number of hydrogen-bond acceptors (Lipinski definition) is 3. The quantitative estimate of drug-likeness (QED) is 0.321. The lowest BCUT2D eigenvalue weighted by Crippen LogP contribution is -2.24. The van der Waals surface area contributed by atoms with Crippen LogP contribution in [0.3, 0.4) is 0 Å². The van der Waals surface area contributed by atoms with Crippen molar-refractivity contribution in [3.63, 3.8) is 0 Å². The Hall–Kier alpha value is -1.01. The molecule has 3 heteroatoms. The van der Waals surface area contributed by atoms with Crippen LogP contribution in [-0.2, 0) is 0 Å². The summed E-state index contributed by atoms with van der Waals surface area (Å²) in [5, 5.41) is 8.19. The van der Waals surface area contributed by atoms with E-state index in [2.05, 4.69) is 5.43 Å². The van der Waals surface area contributed by atoms with Gasteiger partial charge in [0, 0.05) is 11.8 Å². The molecule has 0 aromatic rings. The average Bonchev–Trinajstić information content (AvgIpc) is 1.82. The first kappa shape index (κ1) is 7.99. The molecule has 0 atom stereocenters. The van der Waals surface area contributed by atoms with Gasteiger partial charge in [-0.3, -0.25) is 5.84 Å². The molecule has 0 saturated heterocycles. The molecule has 0 saturated carbocycles. The highest BCUT2D eigenvalue weighted by atomic mass is 15.2. The van der Waals surface area contributed by atoms with Gasteiger partial charge in [0.2, 0.25) is 0 Å². The largest absolute Gasteiger partial charge is 0.327 e. The number of nitrogens with zero attached hydrogens (tertiary/aromatic N) is 1. The highest BCUT2D eigenvalue weighted by Gasteiger charge is 1.97. The maximum absolute atomic E-state index is 8.19. The summed E-state index contributed by atoms with van der Waals surface area (Å²) in [5.74, 6) is 5.38. The third-order valence-corrected chi connectivity index (χ3v) is 1.01. The minimum Gasteiger partial charge on any atom is -0.327 e. The van der Waals surface area contributed by atoms with Gasteiger partial charge in [0.15, 0.2) is 0 Å². The molecule has 0 fully saturated rings. The summed E-state index contributed by atoms with van der Waals surface area (Å²) < 4.78 is 0. The molecule has 3 nitrogen and oxygen atoms in total. The summed E-state index contributed by atoms with van der Waals surface area (Å²) in [6, 6.07) is 1.90. The monoisotopic (exact) mass is 125 g/mol. The fourth-order valence-corrected chi connectivity index (χ4v) is 0.445. The molecule has 50 valence electrons. The second-order valence-corrected chi connectivity index (χ2v) is 2.03. The van der Waals surface area contributed by atoms with E-state index in [-0.39, 0.29) is 5.92 Å². The van der Waals surface area contributed by atoms with E-state index in [1.165, 1.54) is 6.08 Å². The third kappa shape index (κ3) is 2.73. The van der Waals surface area contributed by atoms with Crippen LogP contribution >= 0.6 is 0 Å². The highest BCUT2D eigenvalue weighted by Crippen LogP contribution is 2.02.